The summed E-state index contributed by atoms with van der Waals surface area (Å²) in [6.45, 7) is 2.87. The van der Waals surface area contributed by atoms with E-state index in [0.29, 0.717) is 35.9 Å². The lowest BCUT2D eigenvalue weighted by atomic mass is 10.1. The Morgan fingerprint density at radius 1 is 1.03 bits per heavy atom. The van der Waals surface area contributed by atoms with Crippen molar-refractivity contribution < 1.29 is 27.5 Å². The summed E-state index contributed by atoms with van der Waals surface area (Å²) in [5, 5.41) is 2.47. The van der Waals surface area contributed by atoms with Crippen molar-refractivity contribution >= 4 is 23.2 Å². The van der Waals surface area contributed by atoms with Gasteiger partial charge in [0, 0.05) is 49.7 Å². The number of amides is 1. The van der Waals surface area contributed by atoms with Gasteiger partial charge in [-0.05, 0) is 37.4 Å². The summed E-state index contributed by atoms with van der Waals surface area (Å²) in [6.07, 6.45) is -0.654. The number of hydrogen-bond donors (Lipinski definition) is 2. The third kappa shape index (κ3) is 7.46. The van der Waals surface area contributed by atoms with Crippen LogP contribution < -0.4 is 15.8 Å². The minimum atomic E-state index is -4.97. The normalized spacial score (nSPS) is 14.7. The molecule has 3 N–H and O–H groups in total. The van der Waals surface area contributed by atoms with E-state index in [0.717, 1.165) is 19.2 Å². The molecule has 3 heterocycles. The van der Waals surface area contributed by atoms with Gasteiger partial charge in [-0.1, -0.05) is 0 Å². The van der Waals surface area contributed by atoms with Crippen LogP contribution in [0.2, 0.25) is 0 Å². The Hall–Kier alpha value is -4.10. The minimum Gasteiger partial charge on any atom is -0.404 e. The van der Waals surface area contributed by atoms with Crippen molar-refractivity contribution in [3.05, 3.63) is 60.2 Å². The number of nitrogen functional groups attached to an aromatic ring is 1. The van der Waals surface area contributed by atoms with Crippen LogP contribution >= 0.6 is 0 Å². The zero-order valence-electron chi connectivity index (χ0n) is 20.5. The predicted octanol–water partition coefficient (Wildman–Crippen LogP) is 2.63. The van der Waals surface area contributed by atoms with Gasteiger partial charge in [-0.25, -0.2) is 4.98 Å². The van der Waals surface area contributed by atoms with Gasteiger partial charge in [0.25, 0.3) is 0 Å². The molecule has 1 aliphatic rings. The Kier molecular flexibility index (Phi) is 8.17. The van der Waals surface area contributed by atoms with Crippen molar-refractivity contribution in [2.45, 2.75) is 12.8 Å². The van der Waals surface area contributed by atoms with Gasteiger partial charge in [-0.3, -0.25) is 24.5 Å². The van der Waals surface area contributed by atoms with Crippen LogP contribution in [0.3, 0.4) is 0 Å². The Morgan fingerprint density at radius 3 is 2.42 bits per heavy atom. The molecule has 2 aromatic heterocycles. The number of nitrogens with zero attached hydrogens (tertiary/aromatic N) is 5. The molecule has 0 spiro atoms. The Bertz CT molecular complexity index is 1280. The second-order valence-corrected chi connectivity index (χ2v) is 8.85. The van der Waals surface area contributed by atoms with Crippen LogP contribution in [0.5, 0.6) is 5.75 Å². The number of benzene rings is 1. The highest BCUT2D eigenvalue weighted by atomic mass is 19.4. The van der Waals surface area contributed by atoms with Crippen LogP contribution in [-0.2, 0) is 11.2 Å². The lowest BCUT2D eigenvalue weighted by molar-refractivity contribution is -0.274. The third-order valence-electron chi connectivity index (χ3n) is 5.89. The van der Waals surface area contributed by atoms with Gasteiger partial charge in [0.1, 0.15) is 5.82 Å². The lowest BCUT2D eigenvalue weighted by Crippen LogP contribution is -2.47. The maximum atomic E-state index is 12.9. The standard InChI is InChI=1S/C25H26F3N7O3/c1-34-6-8-35(9-7-34)15-24(37)33-19-10-16(2-4-22(19)38-25(26,27)28)21(36)11-18-13-31-20(14-30-18)17-3-5-23(29)32-12-17/h2-5,10,12-14H,6-9,11,15H2,1H3,(H2,29,32)(H,33,37). The summed E-state index contributed by atoms with van der Waals surface area (Å²) in [5.41, 5.74) is 7.02. The molecular weight excluding hydrogens is 503 g/mol. The number of nitrogens with two attached hydrogens (primary N) is 1. The van der Waals surface area contributed by atoms with Gasteiger partial charge in [0.15, 0.2) is 11.5 Å². The number of carbonyl (C=O) groups is 2. The molecule has 0 saturated carbocycles. The number of ether oxygens (including phenoxy) is 1. The van der Waals surface area contributed by atoms with Gasteiger partial charge in [-0.15, -0.1) is 13.2 Å². The minimum absolute atomic E-state index is 0.00291. The van der Waals surface area contributed by atoms with E-state index in [4.69, 9.17) is 5.73 Å². The number of ketones is 1. The third-order valence-corrected chi connectivity index (χ3v) is 5.89. The number of pyridine rings is 1. The number of aromatic nitrogens is 3. The first-order chi connectivity index (χ1) is 18.1. The molecule has 1 fully saturated rings. The summed E-state index contributed by atoms with van der Waals surface area (Å²) in [6, 6.07) is 6.76. The van der Waals surface area contributed by atoms with Crippen LogP contribution in [0.4, 0.5) is 24.7 Å². The molecule has 0 radical (unpaired) electrons. The maximum absolute atomic E-state index is 12.9. The fourth-order valence-corrected chi connectivity index (χ4v) is 3.83. The predicted molar refractivity (Wildman–Crippen MR) is 133 cm³/mol. The summed E-state index contributed by atoms with van der Waals surface area (Å²) in [7, 11) is 1.97. The molecule has 1 saturated heterocycles. The number of nitrogens with one attached hydrogen (secondary N) is 1. The van der Waals surface area contributed by atoms with Crippen molar-refractivity contribution in [1.82, 2.24) is 24.8 Å². The van der Waals surface area contributed by atoms with Crippen molar-refractivity contribution in [2.75, 3.05) is 50.8 Å². The first-order valence-corrected chi connectivity index (χ1v) is 11.7. The van der Waals surface area contributed by atoms with Gasteiger partial charge >= 0.3 is 6.36 Å². The lowest BCUT2D eigenvalue weighted by Gasteiger charge is -2.31. The average molecular weight is 530 g/mol. The van der Waals surface area contributed by atoms with Crippen LogP contribution in [-0.4, -0.2) is 82.6 Å². The molecule has 0 unspecified atom stereocenters. The topological polar surface area (TPSA) is 127 Å². The molecular formula is C25H26F3N7O3. The fourth-order valence-electron chi connectivity index (χ4n) is 3.83. The highest BCUT2D eigenvalue weighted by molar-refractivity contribution is 6.00. The summed E-state index contributed by atoms with van der Waals surface area (Å²) < 4.78 is 42.9. The number of hydrogen-bond acceptors (Lipinski definition) is 9. The first-order valence-electron chi connectivity index (χ1n) is 11.7. The first kappa shape index (κ1) is 26.9. The van der Waals surface area contributed by atoms with E-state index in [1.807, 2.05) is 11.9 Å². The maximum Gasteiger partial charge on any atom is 0.573 e. The number of halogens is 3. The quantitative estimate of drug-likeness (QED) is 0.424. The second-order valence-electron chi connectivity index (χ2n) is 8.85. The molecule has 1 aromatic carbocycles. The number of Topliss-reactive ketones (excluding diaryl/α,β-unsaturated/α-hetero) is 1. The molecule has 0 bridgehead atoms. The zero-order chi connectivity index (χ0) is 27.3. The number of likely N-dealkylation sites (N-methyl/N-ethyl adjacent to an activating group) is 1. The highest BCUT2D eigenvalue weighted by Gasteiger charge is 2.32. The fraction of sp³-hybridized carbons (Fsp3) is 0.320. The molecule has 1 aliphatic heterocycles. The van der Waals surface area contributed by atoms with Crippen LogP contribution in [0, 0.1) is 0 Å². The van der Waals surface area contributed by atoms with Crippen molar-refractivity contribution in [3.8, 4) is 17.0 Å². The highest BCUT2D eigenvalue weighted by Crippen LogP contribution is 2.31. The Balaban J connectivity index is 1.47. The number of carbonyl (C=O) groups excluding carboxylic acids is 2. The van der Waals surface area contributed by atoms with Gasteiger partial charge in [0.2, 0.25) is 5.91 Å². The zero-order valence-corrected chi connectivity index (χ0v) is 20.5. The van der Waals surface area contributed by atoms with E-state index >= 15 is 0 Å². The van der Waals surface area contributed by atoms with Crippen molar-refractivity contribution in [2.24, 2.45) is 0 Å². The molecule has 0 aliphatic carbocycles. The van der Waals surface area contributed by atoms with E-state index < -0.39 is 23.8 Å². The molecule has 38 heavy (non-hydrogen) atoms. The molecule has 13 heteroatoms. The Labute approximate surface area is 216 Å². The number of alkyl halides is 3. The molecule has 200 valence electrons. The number of piperazine rings is 1. The molecule has 0 atom stereocenters. The van der Waals surface area contributed by atoms with Crippen LogP contribution in [0.25, 0.3) is 11.3 Å². The summed E-state index contributed by atoms with van der Waals surface area (Å²) >= 11 is 0. The van der Waals surface area contributed by atoms with E-state index in [2.05, 4.69) is 29.9 Å². The van der Waals surface area contributed by atoms with E-state index in [-0.39, 0.29) is 24.2 Å². The summed E-state index contributed by atoms with van der Waals surface area (Å²) in [4.78, 5) is 42.1. The van der Waals surface area contributed by atoms with E-state index in [1.54, 1.807) is 18.3 Å². The molecule has 4 rings (SSSR count). The van der Waals surface area contributed by atoms with Gasteiger partial charge in [0.05, 0.1) is 36.2 Å². The van der Waals surface area contributed by atoms with Crippen molar-refractivity contribution in [3.63, 3.8) is 0 Å². The van der Waals surface area contributed by atoms with Gasteiger partial charge < -0.3 is 20.7 Å². The SMILES string of the molecule is CN1CCN(CC(=O)Nc2cc(C(=O)Cc3cnc(-c4ccc(N)nc4)cn3)ccc2OC(F)(F)F)CC1. The Morgan fingerprint density at radius 2 is 1.79 bits per heavy atom. The van der Waals surface area contributed by atoms with Crippen LogP contribution in [0.15, 0.2) is 48.9 Å². The van der Waals surface area contributed by atoms with Crippen molar-refractivity contribution in [1.29, 1.82) is 0 Å². The second kappa shape index (κ2) is 11.5. The monoisotopic (exact) mass is 529 g/mol. The van der Waals surface area contributed by atoms with E-state index in [9.17, 15) is 22.8 Å². The number of rotatable bonds is 8. The molecule has 10 nitrogen and oxygen atoms in total. The smallest absolute Gasteiger partial charge is 0.404 e. The summed E-state index contributed by atoms with van der Waals surface area (Å²) in [5.74, 6) is -1.17. The largest absolute Gasteiger partial charge is 0.573 e. The van der Waals surface area contributed by atoms with E-state index in [1.165, 1.54) is 24.5 Å². The number of anilines is 2. The molecule has 1 amide bonds. The molecule has 3 aromatic rings. The van der Waals surface area contributed by atoms with Crippen LogP contribution in [0.1, 0.15) is 16.1 Å². The average Bonchev–Trinajstić information content (AvgIpc) is 2.86. The van der Waals surface area contributed by atoms with Gasteiger partial charge in [-0.2, -0.15) is 0 Å².